The maximum atomic E-state index is 3.63. The molecule has 0 saturated heterocycles. The number of benzene rings is 7. The Bertz CT molecular complexity index is 2480. The van der Waals surface area contributed by atoms with E-state index in [9.17, 15) is 0 Å². The third-order valence-corrected chi connectivity index (χ3v) is 10.6. The van der Waals surface area contributed by atoms with Gasteiger partial charge in [-0.15, -0.1) is 0 Å². The first-order valence-electron chi connectivity index (χ1n) is 18.0. The van der Waals surface area contributed by atoms with E-state index in [1.807, 2.05) is 6.08 Å². The monoisotopic (exact) mass is 663 g/mol. The topological polar surface area (TPSA) is 3.24 Å². The largest absolute Gasteiger partial charge is 0.323 e. The highest BCUT2D eigenvalue weighted by Crippen LogP contribution is 2.57. The van der Waals surface area contributed by atoms with Crippen LogP contribution in [0.5, 0.6) is 0 Å². The van der Waals surface area contributed by atoms with Gasteiger partial charge in [0, 0.05) is 11.4 Å². The number of nitrogens with zero attached hydrogens (tertiary/aromatic N) is 1. The highest BCUT2D eigenvalue weighted by atomic mass is 15.2. The molecule has 0 aromatic heterocycles. The van der Waals surface area contributed by atoms with Crippen molar-refractivity contribution in [2.45, 2.75) is 18.4 Å². The van der Waals surface area contributed by atoms with Gasteiger partial charge in [0.2, 0.25) is 0 Å². The molecule has 7 aromatic rings. The minimum Gasteiger partial charge on any atom is -0.323 e. The van der Waals surface area contributed by atoms with E-state index < -0.39 is 5.41 Å². The zero-order valence-corrected chi connectivity index (χ0v) is 29.1. The smallest absolute Gasteiger partial charge is 0.114 e. The predicted molar refractivity (Wildman–Crippen MR) is 218 cm³/mol. The number of rotatable bonds is 7. The Morgan fingerprint density at radius 2 is 1.12 bits per heavy atom. The highest BCUT2D eigenvalue weighted by Gasteiger charge is 2.46. The molecule has 0 fully saturated rings. The summed E-state index contributed by atoms with van der Waals surface area (Å²) in [6.07, 6.45) is 6.52. The third-order valence-electron chi connectivity index (χ3n) is 10.6. The van der Waals surface area contributed by atoms with Crippen molar-refractivity contribution in [1.29, 1.82) is 0 Å². The Labute approximate surface area is 306 Å². The molecule has 1 unspecified atom stereocenters. The van der Waals surface area contributed by atoms with Crippen LogP contribution in [-0.4, -0.2) is 6.04 Å². The van der Waals surface area contributed by atoms with E-state index in [1.165, 1.54) is 50.1 Å². The lowest BCUT2D eigenvalue weighted by Crippen LogP contribution is -2.31. The molecule has 0 spiro atoms. The molecule has 1 heteroatoms. The van der Waals surface area contributed by atoms with Crippen molar-refractivity contribution in [3.05, 3.63) is 234 Å². The number of hydrogen-bond acceptors (Lipinski definition) is 1. The molecule has 0 aliphatic heterocycles. The summed E-state index contributed by atoms with van der Waals surface area (Å²) in [6, 6.07) is 65.7. The van der Waals surface area contributed by atoms with Crippen molar-refractivity contribution in [1.82, 2.24) is 0 Å². The maximum Gasteiger partial charge on any atom is 0.114 e. The molecule has 7 aromatic carbocycles. The quantitative estimate of drug-likeness (QED) is 0.153. The molecule has 1 atom stereocenters. The lowest BCUT2D eigenvalue weighted by Gasteiger charge is -2.35. The Morgan fingerprint density at radius 3 is 1.79 bits per heavy atom. The standard InChI is InChI=1S/C51H37N/c1-37-35-41(39-19-8-3-9-20-39)30-34-50(37)52(44-26-16-21-40(29-31-44)38-17-6-2-7-18-38)45-32-33-47-46-27-14-15-28-48(46)51(49(47)36-45,42-22-10-4-11-23-42)43-24-12-5-13-25-43/h2-15,17-25,27-36,44H,1H3. The summed E-state index contributed by atoms with van der Waals surface area (Å²) in [5.74, 6) is 7.07. The molecule has 1 nitrogen and oxygen atoms in total. The van der Waals surface area contributed by atoms with E-state index in [2.05, 4.69) is 218 Å². The molecule has 2 aliphatic rings. The number of fused-ring (bicyclic) bond motifs is 3. The fourth-order valence-corrected chi connectivity index (χ4v) is 8.22. The van der Waals surface area contributed by atoms with Crippen LogP contribution in [0.3, 0.4) is 0 Å². The van der Waals surface area contributed by atoms with E-state index in [0.29, 0.717) is 0 Å². The zero-order chi connectivity index (χ0) is 34.9. The van der Waals surface area contributed by atoms with Crippen LogP contribution in [0, 0.1) is 18.8 Å². The van der Waals surface area contributed by atoms with E-state index >= 15 is 0 Å². The lowest BCUT2D eigenvalue weighted by atomic mass is 9.67. The minimum atomic E-state index is -0.491. The normalized spacial score (nSPS) is 15.0. The van der Waals surface area contributed by atoms with Crippen molar-refractivity contribution in [2.75, 3.05) is 4.90 Å². The summed E-state index contributed by atoms with van der Waals surface area (Å²) in [7, 11) is 0. The first kappa shape index (κ1) is 31.4. The van der Waals surface area contributed by atoms with Crippen molar-refractivity contribution in [2.24, 2.45) is 0 Å². The first-order chi connectivity index (χ1) is 25.7. The minimum absolute atomic E-state index is 0.205. The summed E-state index contributed by atoms with van der Waals surface area (Å²) in [5, 5.41) is 0. The van der Waals surface area contributed by atoms with Crippen molar-refractivity contribution < 1.29 is 0 Å². The average Bonchev–Trinajstić information content (AvgIpc) is 3.31. The van der Waals surface area contributed by atoms with E-state index in [0.717, 1.165) is 22.5 Å². The second kappa shape index (κ2) is 13.3. The average molecular weight is 664 g/mol. The van der Waals surface area contributed by atoms with Crippen LogP contribution in [0.25, 0.3) is 27.8 Å². The second-order valence-corrected chi connectivity index (χ2v) is 13.6. The number of hydrogen-bond donors (Lipinski definition) is 0. The SMILES string of the molecule is Cc1cc(-c2ccccc2)ccc1N(c1ccc2c(c1)C(c1ccccc1)(c1ccccc1)c1ccccc1-2)C1C#CC=C(c2ccccc2)C=C1. The number of anilines is 2. The number of allylic oxidation sites excluding steroid dienone is 3. The van der Waals surface area contributed by atoms with Gasteiger partial charge in [-0.3, -0.25) is 0 Å². The van der Waals surface area contributed by atoms with Gasteiger partial charge in [-0.1, -0.05) is 176 Å². The first-order valence-corrected chi connectivity index (χ1v) is 18.0. The number of aryl methyl sites for hydroxylation is 1. The Balaban J connectivity index is 1.26. The highest BCUT2D eigenvalue weighted by molar-refractivity contribution is 5.89. The van der Waals surface area contributed by atoms with Crippen LogP contribution in [0.1, 0.15) is 33.4 Å². The van der Waals surface area contributed by atoms with Crippen LogP contribution in [0.4, 0.5) is 11.4 Å². The van der Waals surface area contributed by atoms with Gasteiger partial charge < -0.3 is 4.90 Å². The summed E-state index contributed by atoms with van der Waals surface area (Å²) in [5.41, 5.74) is 15.3. The Hall–Kier alpha value is -6.62. The van der Waals surface area contributed by atoms with Gasteiger partial charge in [-0.25, -0.2) is 0 Å². The van der Waals surface area contributed by atoms with Crippen molar-refractivity contribution in [3.8, 4) is 34.1 Å². The maximum absolute atomic E-state index is 3.63. The molecule has 0 saturated carbocycles. The Kier molecular flexibility index (Phi) is 8.00. The summed E-state index contributed by atoms with van der Waals surface area (Å²) in [6.45, 7) is 2.22. The molecule has 0 radical (unpaired) electrons. The zero-order valence-electron chi connectivity index (χ0n) is 29.1. The molecule has 9 rings (SSSR count). The molecular formula is C51H37N. The predicted octanol–water partition coefficient (Wildman–Crippen LogP) is 12.2. The van der Waals surface area contributed by atoms with Gasteiger partial charge in [-0.2, -0.15) is 0 Å². The molecule has 0 N–H and O–H groups in total. The molecule has 0 heterocycles. The van der Waals surface area contributed by atoms with Gasteiger partial charge in [-0.05, 0) is 105 Å². The molecular weight excluding hydrogens is 627 g/mol. The van der Waals surface area contributed by atoms with E-state index in [4.69, 9.17) is 0 Å². The van der Waals surface area contributed by atoms with Crippen LogP contribution >= 0.6 is 0 Å². The van der Waals surface area contributed by atoms with Crippen LogP contribution < -0.4 is 4.90 Å². The van der Waals surface area contributed by atoms with Gasteiger partial charge in [0.25, 0.3) is 0 Å². The molecule has 246 valence electrons. The van der Waals surface area contributed by atoms with Crippen LogP contribution in [0.2, 0.25) is 0 Å². The van der Waals surface area contributed by atoms with Crippen LogP contribution in [0.15, 0.2) is 200 Å². The fourth-order valence-electron chi connectivity index (χ4n) is 8.22. The second-order valence-electron chi connectivity index (χ2n) is 13.6. The summed E-state index contributed by atoms with van der Waals surface area (Å²) < 4.78 is 0. The van der Waals surface area contributed by atoms with Gasteiger partial charge in [0.15, 0.2) is 0 Å². The Morgan fingerprint density at radius 1 is 0.519 bits per heavy atom. The lowest BCUT2D eigenvalue weighted by molar-refractivity contribution is 0.767. The van der Waals surface area contributed by atoms with Gasteiger partial charge in [0.05, 0.1) is 5.41 Å². The van der Waals surface area contributed by atoms with E-state index in [1.54, 1.807) is 0 Å². The van der Waals surface area contributed by atoms with Gasteiger partial charge >= 0.3 is 0 Å². The third kappa shape index (κ3) is 5.29. The van der Waals surface area contributed by atoms with Gasteiger partial charge in [0.1, 0.15) is 6.04 Å². The fraction of sp³-hybridized carbons (Fsp3) is 0.0588. The van der Waals surface area contributed by atoms with Crippen molar-refractivity contribution >= 4 is 16.9 Å². The summed E-state index contributed by atoms with van der Waals surface area (Å²) >= 11 is 0. The summed E-state index contributed by atoms with van der Waals surface area (Å²) in [4.78, 5) is 2.43. The van der Waals surface area contributed by atoms with E-state index in [-0.39, 0.29) is 6.04 Å². The molecule has 0 bridgehead atoms. The van der Waals surface area contributed by atoms with Crippen LogP contribution in [-0.2, 0) is 5.41 Å². The molecule has 52 heavy (non-hydrogen) atoms. The molecule has 2 aliphatic carbocycles. The molecule has 0 amide bonds. The van der Waals surface area contributed by atoms with Crippen molar-refractivity contribution in [3.63, 3.8) is 0 Å².